The summed E-state index contributed by atoms with van der Waals surface area (Å²) in [7, 11) is 2.86. The largest absolute Gasteiger partial charge is 0.481 e. The molecule has 1 N–H and O–H groups in total. The number of rotatable bonds is 7. The molecule has 0 amide bonds. The van der Waals surface area contributed by atoms with Crippen LogP contribution >= 0.6 is 12.6 Å². The highest BCUT2D eigenvalue weighted by molar-refractivity contribution is 7.80. The Morgan fingerprint density at radius 1 is 1.38 bits per heavy atom. The Hall–Kier alpha value is -1.54. The van der Waals surface area contributed by atoms with Crippen LogP contribution in [0.25, 0.3) is 0 Å². The van der Waals surface area contributed by atoms with E-state index in [0.717, 1.165) is 0 Å². The van der Waals surface area contributed by atoms with Gasteiger partial charge in [0.15, 0.2) is 5.82 Å². The molecule has 1 aromatic heterocycles. The number of hydrogen-bond acceptors (Lipinski definition) is 8. The number of aromatic nitrogens is 2. The smallest absolute Gasteiger partial charge is 0.319 e. The van der Waals surface area contributed by atoms with E-state index >= 15 is 0 Å². The summed E-state index contributed by atoms with van der Waals surface area (Å²) >= 11 is 4.08. The van der Waals surface area contributed by atoms with Crippen molar-refractivity contribution in [3.05, 3.63) is 11.9 Å². The van der Waals surface area contributed by atoms with E-state index in [9.17, 15) is 9.90 Å². The quantitative estimate of drug-likeness (QED) is 0.568. The van der Waals surface area contributed by atoms with E-state index in [1.807, 2.05) is 0 Å². The van der Waals surface area contributed by atoms with Crippen molar-refractivity contribution in [2.45, 2.75) is 25.4 Å². The first-order valence-corrected chi connectivity index (χ1v) is 6.99. The molecule has 1 rings (SSSR count). The second-order valence-corrected chi connectivity index (χ2v) is 4.83. The average molecular weight is 316 g/mol. The Labute approximate surface area is 129 Å². The Morgan fingerprint density at radius 3 is 2.29 bits per heavy atom. The predicted octanol–water partition coefficient (Wildman–Crippen LogP) is 0.821. The summed E-state index contributed by atoms with van der Waals surface area (Å²) < 4.78 is 15.1. The van der Waals surface area contributed by atoms with Gasteiger partial charge in [-0.15, -0.1) is 0 Å². The lowest BCUT2D eigenvalue weighted by Crippen LogP contribution is -2.41. The summed E-state index contributed by atoms with van der Waals surface area (Å²) in [4.78, 5) is 20.4. The van der Waals surface area contributed by atoms with Crippen LogP contribution in [0.3, 0.4) is 0 Å². The van der Waals surface area contributed by atoms with Crippen molar-refractivity contribution >= 4 is 18.6 Å². The summed E-state index contributed by atoms with van der Waals surface area (Å²) in [6, 6.07) is 1.47. The third-order valence-corrected chi connectivity index (χ3v) is 3.48. The van der Waals surface area contributed by atoms with E-state index in [-0.39, 0.29) is 29.9 Å². The molecule has 21 heavy (non-hydrogen) atoms. The predicted molar refractivity (Wildman–Crippen MR) is 79.0 cm³/mol. The second kappa shape index (κ2) is 7.46. The molecule has 1 heterocycles. The van der Waals surface area contributed by atoms with Gasteiger partial charge in [0.05, 0.1) is 32.5 Å². The van der Waals surface area contributed by atoms with Crippen molar-refractivity contribution in [1.29, 1.82) is 0 Å². The molecule has 0 aliphatic heterocycles. The number of carbonyl (C=O) groups excluding carboxylic acids is 1. The third kappa shape index (κ3) is 4.21. The molecule has 0 saturated carbocycles. The van der Waals surface area contributed by atoms with Crippen LogP contribution in [0.4, 0.5) is 0 Å². The highest BCUT2D eigenvalue weighted by Gasteiger charge is 2.41. The van der Waals surface area contributed by atoms with Gasteiger partial charge in [-0.1, -0.05) is 0 Å². The first-order chi connectivity index (χ1) is 9.89. The molecule has 2 atom stereocenters. The summed E-state index contributed by atoms with van der Waals surface area (Å²) in [5.41, 5.74) is -1.48. The summed E-state index contributed by atoms with van der Waals surface area (Å²) in [6.07, 6.45) is 0. The maximum atomic E-state index is 12.2. The zero-order valence-electron chi connectivity index (χ0n) is 12.5. The number of methoxy groups -OCH3 is 2. The lowest BCUT2D eigenvalue weighted by molar-refractivity contribution is -0.150. The van der Waals surface area contributed by atoms with Crippen molar-refractivity contribution in [1.82, 2.24) is 9.97 Å². The van der Waals surface area contributed by atoms with Gasteiger partial charge in [-0.05, 0) is 13.8 Å². The number of esters is 1. The van der Waals surface area contributed by atoms with Crippen LogP contribution in [0.1, 0.15) is 25.6 Å². The number of ether oxygens (including phenoxy) is 3. The lowest BCUT2D eigenvalue weighted by atomic mass is 9.90. The van der Waals surface area contributed by atoms with E-state index in [4.69, 9.17) is 14.2 Å². The van der Waals surface area contributed by atoms with Gasteiger partial charge in [-0.3, -0.25) is 4.79 Å². The molecule has 0 aromatic carbocycles. The van der Waals surface area contributed by atoms with E-state index in [1.54, 1.807) is 6.92 Å². The van der Waals surface area contributed by atoms with Crippen LogP contribution in [0.5, 0.6) is 11.8 Å². The first-order valence-electron chi connectivity index (χ1n) is 6.36. The van der Waals surface area contributed by atoms with Crippen LogP contribution in [0, 0.1) is 0 Å². The van der Waals surface area contributed by atoms with Crippen molar-refractivity contribution in [3.63, 3.8) is 0 Å². The molecule has 118 valence electrons. The van der Waals surface area contributed by atoms with Gasteiger partial charge in [0.2, 0.25) is 11.8 Å². The van der Waals surface area contributed by atoms with Gasteiger partial charge in [0.25, 0.3) is 0 Å². The number of thiol groups is 1. The van der Waals surface area contributed by atoms with E-state index in [0.29, 0.717) is 0 Å². The Kier molecular flexibility index (Phi) is 6.22. The maximum absolute atomic E-state index is 12.2. The molecular formula is C13H20N2O5S. The fraction of sp³-hybridized carbons (Fsp3) is 0.615. The Morgan fingerprint density at radius 2 is 1.90 bits per heavy atom. The van der Waals surface area contributed by atoms with Crippen molar-refractivity contribution in [2.75, 3.05) is 26.6 Å². The van der Waals surface area contributed by atoms with Gasteiger partial charge in [-0.25, -0.2) is 0 Å². The topological polar surface area (TPSA) is 90.8 Å². The molecule has 0 saturated heterocycles. The number of nitrogens with zero attached hydrogens (tertiary/aromatic N) is 2. The van der Waals surface area contributed by atoms with Crippen LogP contribution in [-0.2, 0) is 9.53 Å². The second-order valence-electron chi connectivity index (χ2n) is 4.51. The van der Waals surface area contributed by atoms with E-state index in [1.165, 1.54) is 27.2 Å². The summed E-state index contributed by atoms with van der Waals surface area (Å²) in [5, 5.41) is 10.4. The molecule has 7 nitrogen and oxygen atoms in total. The molecule has 0 spiro atoms. The van der Waals surface area contributed by atoms with Gasteiger partial charge in [0.1, 0.15) is 5.92 Å². The lowest BCUT2D eigenvalue weighted by Gasteiger charge is -2.28. The van der Waals surface area contributed by atoms with Crippen LogP contribution in [0.15, 0.2) is 6.07 Å². The SMILES string of the molecule is CCOC(=O)C(c1nc(OC)cc(OC)n1)C(C)(O)CS. The number of aliphatic hydroxyl groups is 1. The summed E-state index contributed by atoms with van der Waals surface area (Å²) in [5.74, 6) is -1.20. The average Bonchev–Trinajstić information content (AvgIpc) is 2.47. The fourth-order valence-corrected chi connectivity index (χ4v) is 1.90. The third-order valence-electron chi connectivity index (χ3n) is 2.84. The zero-order chi connectivity index (χ0) is 16.0. The molecule has 0 radical (unpaired) electrons. The molecule has 2 unspecified atom stereocenters. The Bertz CT molecular complexity index is 473. The van der Waals surface area contributed by atoms with Crippen molar-refractivity contribution in [3.8, 4) is 11.8 Å². The van der Waals surface area contributed by atoms with Crippen LogP contribution in [-0.4, -0.2) is 53.2 Å². The first kappa shape index (κ1) is 17.5. The van der Waals surface area contributed by atoms with Crippen LogP contribution in [0.2, 0.25) is 0 Å². The number of carbonyl (C=O) groups is 1. The molecule has 0 bridgehead atoms. The zero-order valence-corrected chi connectivity index (χ0v) is 13.4. The molecule has 1 aromatic rings. The minimum Gasteiger partial charge on any atom is -0.481 e. The van der Waals surface area contributed by atoms with Crippen molar-refractivity contribution < 1.29 is 24.1 Å². The van der Waals surface area contributed by atoms with Gasteiger partial charge < -0.3 is 19.3 Å². The molecule has 0 aliphatic rings. The van der Waals surface area contributed by atoms with Crippen LogP contribution < -0.4 is 9.47 Å². The minimum absolute atomic E-state index is 0.0271. The molecule has 0 fully saturated rings. The highest BCUT2D eigenvalue weighted by atomic mass is 32.1. The summed E-state index contributed by atoms with van der Waals surface area (Å²) in [6.45, 7) is 3.33. The monoisotopic (exact) mass is 316 g/mol. The highest BCUT2D eigenvalue weighted by Crippen LogP contribution is 2.31. The number of hydrogen-bond donors (Lipinski definition) is 2. The van der Waals surface area contributed by atoms with Gasteiger partial charge >= 0.3 is 5.97 Å². The van der Waals surface area contributed by atoms with E-state index < -0.39 is 17.5 Å². The fourth-order valence-electron chi connectivity index (χ4n) is 1.71. The minimum atomic E-state index is -1.48. The molecular weight excluding hydrogens is 296 g/mol. The molecule has 0 aliphatic carbocycles. The normalized spacial score (nSPS) is 15.0. The van der Waals surface area contributed by atoms with Gasteiger partial charge in [-0.2, -0.15) is 22.6 Å². The Balaban J connectivity index is 3.34. The van der Waals surface area contributed by atoms with Gasteiger partial charge in [0, 0.05) is 5.75 Å². The standard InChI is InChI=1S/C13H20N2O5S/c1-5-20-12(16)10(13(2,17)7-21)11-14-8(18-3)6-9(15-11)19-4/h6,10,17,21H,5,7H2,1-4H3. The van der Waals surface area contributed by atoms with E-state index in [2.05, 4.69) is 22.6 Å². The maximum Gasteiger partial charge on any atom is 0.319 e. The van der Waals surface area contributed by atoms with Crippen molar-refractivity contribution in [2.24, 2.45) is 0 Å². The molecule has 8 heteroatoms.